The van der Waals surface area contributed by atoms with Gasteiger partial charge in [-0.25, -0.2) is 4.98 Å². The molecule has 2 aliphatic rings. The van der Waals surface area contributed by atoms with Gasteiger partial charge in [-0.2, -0.15) is 0 Å². The van der Waals surface area contributed by atoms with Crippen molar-refractivity contribution in [2.45, 2.75) is 32.1 Å². The Bertz CT molecular complexity index is 904. The van der Waals surface area contributed by atoms with E-state index in [2.05, 4.69) is 10.3 Å². The first-order valence-corrected chi connectivity index (χ1v) is 10.7. The fourth-order valence-electron chi connectivity index (χ4n) is 3.67. The Kier molecular flexibility index (Phi) is 5.89. The van der Waals surface area contributed by atoms with Crippen molar-refractivity contribution < 1.29 is 19.1 Å². The van der Waals surface area contributed by atoms with Crippen LogP contribution in [-0.2, 0) is 16.0 Å². The second kappa shape index (κ2) is 8.73. The van der Waals surface area contributed by atoms with Gasteiger partial charge >= 0.3 is 0 Å². The zero-order valence-corrected chi connectivity index (χ0v) is 16.9. The number of thiazole rings is 1. The highest BCUT2D eigenvalue weighted by atomic mass is 32.1. The van der Waals surface area contributed by atoms with E-state index < -0.39 is 0 Å². The summed E-state index contributed by atoms with van der Waals surface area (Å²) in [6, 6.07) is 9.24. The summed E-state index contributed by atoms with van der Waals surface area (Å²) in [5, 5.41) is 3.37. The number of carbonyl (C=O) groups is 3. The molecular formula is C21H23N3O4S. The number of ether oxygens (including phenoxy) is 1. The largest absolute Gasteiger partial charge is 0.484 e. The zero-order chi connectivity index (χ0) is 20.2. The molecule has 0 spiro atoms. The minimum absolute atomic E-state index is 0.000423. The highest BCUT2D eigenvalue weighted by Crippen LogP contribution is 2.30. The Hall–Kier alpha value is -2.74. The first-order valence-electron chi connectivity index (χ1n) is 9.89. The summed E-state index contributed by atoms with van der Waals surface area (Å²) in [5.74, 6) is 0.467. The molecule has 0 atom stereocenters. The average Bonchev–Trinajstić information content (AvgIpc) is 3.17. The molecule has 1 aromatic heterocycles. The number of hydrogen-bond donors (Lipinski definition) is 1. The van der Waals surface area contributed by atoms with E-state index in [1.807, 2.05) is 30.3 Å². The number of aromatic nitrogens is 1. The number of piperidine rings is 1. The van der Waals surface area contributed by atoms with Crippen LogP contribution in [0.4, 0.5) is 5.13 Å². The Morgan fingerprint density at radius 3 is 2.66 bits per heavy atom. The van der Waals surface area contributed by atoms with Crippen LogP contribution in [0.2, 0.25) is 0 Å². The number of nitrogens with zero attached hydrogens (tertiary/aromatic N) is 2. The van der Waals surface area contributed by atoms with Crippen LogP contribution in [0.25, 0.3) is 0 Å². The molecule has 0 unspecified atom stereocenters. The van der Waals surface area contributed by atoms with Gasteiger partial charge in [0, 0.05) is 25.4 Å². The molecule has 1 aliphatic carbocycles. The Morgan fingerprint density at radius 1 is 1.17 bits per heavy atom. The van der Waals surface area contributed by atoms with Crippen LogP contribution in [0.15, 0.2) is 30.3 Å². The fraction of sp³-hybridized carbons (Fsp3) is 0.429. The number of anilines is 1. The van der Waals surface area contributed by atoms with Crippen molar-refractivity contribution in [1.29, 1.82) is 0 Å². The van der Waals surface area contributed by atoms with Gasteiger partial charge in [-0.1, -0.05) is 29.5 Å². The number of aryl methyl sites for hydroxylation is 1. The molecule has 2 amide bonds. The Morgan fingerprint density at radius 2 is 1.93 bits per heavy atom. The molecule has 7 nitrogen and oxygen atoms in total. The quantitative estimate of drug-likeness (QED) is 0.814. The number of amides is 2. The predicted octanol–water partition coefficient (Wildman–Crippen LogP) is 2.92. The third-order valence-electron chi connectivity index (χ3n) is 5.32. The van der Waals surface area contributed by atoms with Crippen molar-refractivity contribution in [3.05, 3.63) is 40.9 Å². The first-order chi connectivity index (χ1) is 14.1. The number of nitrogens with one attached hydrogen (secondary N) is 1. The van der Waals surface area contributed by atoms with Crippen molar-refractivity contribution in [2.24, 2.45) is 5.92 Å². The molecule has 8 heteroatoms. The van der Waals surface area contributed by atoms with E-state index in [0.29, 0.717) is 48.1 Å². The summed E-state index contributed by atoms with van der Waals surface area (Å²) in [5.41, 5.74) is 0.806. The van der Waals surface area contributed by atoms with Gasteiger partial charge in [-0.3, -0.25) is 14.4 Å². The van der Waals surface area contributed by atoms with Gasteiger partial charge in [0.2, 0.25) is 5.91 Å². The molecule has 1 N–H and O–H groups in total. The third-order valence-corrected chi connectivity index (χ3v) is 6.38. The average molecular weight is 413 g/mol. The lowest BCUT2D eigenvalue weighted by Crippen LogP contribution is -2.43. The summed E-state index contributed by atoms with van der Waals surface area (Å²) >= 11 is 1.27. The van der Waals surface area contributed by atoms with E-state index in [9.17, 15) is 14.4 Å². The summed E-state index contributed by atoms with van der Waals surface area (Å²) in [4.78, 5) is 43.7. The number of para-hydroxylation sites is 1. The van der Waals surface area contributed by atoms with Gasteiger partial charge in [0.25, 0.3) is 5.91 Å². The van der Waals surface area contributed by atoms with E-state index in [1.165, 1.54) is 11.3 Å². The zero-order valence-electron chi connectivity index (χ0n) is 16.1. The highest BCUT2D eigenvalue weighted by Gasteiger charge is 2.29. The van der Waals surface area contributed by atoms with Gasteiger partial charge in [0.05, 0.1) is 10.6 Å². The molecule has 152 valence electrons. The number of Topliss-reactive ketones (excluding diaryl/α,β-unsaturated/α-hetero) is 1. The molecule has 2 aromatic rings. The van der Waals surface area contributed by atoms with E-state index in [1.54, 1.807) is 4.90 Å². The van der Waals surface area contributed by atoms with Crippen molar-refractivity contribution >= 4 is 34.1 Å². The highest BCUT2D eigenvalue weighted by molar-refractivity contribution is 7.17. The molecule has 0 radical (unpaired) electrons. The Labute approximate surface area is 173 Å². The predicted molar refractivity (Wildman–Crippen MR) is 109 cm³/mol. The minimum atomic E-state index is -0.161. The first kappa shape index (κ1) is 19.6. The SMILES string of the molecule is O=C1CCCc2nc(NC(=O)C3CCN(C(=O)COc4ccccc4)CC3)sc21. The van der Waals surface area contributed by atoms with E-state index in [-0.39, 0.29) is 30.1 Å². The van der Waals surface area contributed by atoms with Gasteiger partial charge in [0.1, 0.15) is 5.75 Å². The number of likely N-dealkylation sites (tertiary alicyclic amines) is 1. The molecular weight excluding hydrogens is 390 g/mol. The second-order valence-electron chi connectivity index (χ2n) is 7.32. The van der Waals surface area contributed by atoms with Crippen LogP contribution in [0.1, 0.15) is 41.0 Å². The van der Waals surface area contributed by atoms with Crippen molar-refractivity contribution in [1.82, 2.24) is 9.88 Å². The van der Waals surface area contributed by atoms with Gasteiger partial charge < -0.3 is 15.0 Å². The number of carbonyl (C=O) groups excluding carboxylic acids is 3. The molecule has 1 aliphatic heterocycles. The van der Waals surface area contributed by atoms with Crippen molar-refractivity contribution in [3.8, 4) is 5.75 Å². The molecule has 0 bridgehead atoms. The number of ketones is 1. The van der Waals surface area contributed by atoms with Gasteiger partial charge in [-0.15, -0.1) is 0 Å². The smallest absolute Gasteiger partial charge is 0.260 e. The lowest BCUT2D eigenvalue weighted by atomic mass is 9.96. The van der Waals surface area contributed by atoms with E-state index >= 15 is 0 Å². The monoisotopic (exact) mass is 413 g/mol. The number of hydrogen-bond acceptors (Lipinski definition) is 6. The number of rotatable bonds is 5. The van der Waals surface area contributed by atoms with Crippen LogP contribution < -0.4 is 10.1 Å². The standard InChI is InChI=1S/C21H23N3O4S/c25-17-8-4-7-16-19(17)29-21(22-16)23-20(27)14-9-11-24(12-10-14)18(26)13-28-15-5-2-1-3-6-15/h1-3,5-6,14H,4,7-13H2,(H,22,23,27). The van der Waals surface area contributed by atoms with Crippen LogP contribution in [-0.4, -0.2) is 47.2 Å². The van der Waals surface area contributed by atoms with Crippen molar-refractivity contribution in [3.63, 3.8) is 0 Å². The maximum absolute atomic E-state index is 12.6. The van der Waals surface area contributed by atoms with Crippen LogP contribution >= 0.6 is 11.3 Å². The molecule has 0 saturated carbocycles. The van der Waals surface area contributed by atoms with Crippen LogP contribution in [0.5, 0.6) is 5.75 Å². The maximum Gasteiger partial charge on any atom is 0.260 e. The van der Waals surface area contributed by atoms with Crippen LogP contribution in [0.3, 0.4) is 0 Å². The molecule has 1 aromatic carbocycles. The summed E-state index contributed by atoms with van der Waals surface area (Å²) < 4.78 is 5.52. The molecule has 4 rings (SSSR count). The van der Waals surface area contributed by atoms with Crippen LogP contribution in [0, 0.1) is 5.92 Å². The van der Waals surface area contributed by atoms with Gasteiger partial charge in [0.15, 0.2) is 17.5 Å². The van der Waals surface area contributed by atoms with E-state index in [0.717, 1.165) is 18.5 Å². The fourth-order valence-corrected chi connectivity index (χ4v) is 4.66. The lowest BCUT2D eigenvalue weighted by Gasteiger charge is -2.31. The number of fused-ring (bicyclic) bond motifs is 1. The summed E-state index contributed by atoms with van der Waals surface area (Å²) in [7, 11) is 0. The molecule has 1 saturated heterocycles. The minimum Gasteiger partial charge on any atom is -0.484 e. The topological polar surface area (TPSA) is 88.6 Å². The summed E-state index contributed by atoms with van der Waals surface area (Å²) in [6.07, 6.45) is 3.38. The van der Waals surface area contributed by atoms with Crippen molar-refractivity contribution in [2.75, 3.05) is 25.0 Å². The normalized spacial score (nSPS) is 17.0. The van der Waals surface area contributed by atoms with Gasteiger partial charge in [-0.05, 0) is 37.8 Å². The molecule has 29 heavy (non-hydrogen) atoms. The number of benzene rings is 1. The third kappa shape index (κ3) is 4.64. The second-order valence-corrected chi connectivity index (χ2v) is 8.32. The maximum atomic E-state index is 12.6. The molecule has 2 heterocycles. The molecule has 1 fully saturated rings. The lowest BCUT2D eigenvalue weighted by molar-refractivity contribution is -0.136. The Balaban J connectivity index is 1.25. The van der Waals surface area contributed by atoms with E-state index in [4.69, 9.17) is 4.74 Å². The summed E-state index contributed by atoms with van der Waals surface area (Å²) in [6.45, 7) is 1.06.